The van der Waals surface area contributed by atoms with E-state index in [1.54, 1.807) is 11.1 Å². The molecule has 1 spiro atoms. The average molecular weight is 634 g/mol. The van der Waals surface area contributed by atoms with Crippen LogP contribution in [0, 0.1) is 23.7 Å². The third kappa shape index (κ3) is 3.48. The van der Waals surface area contributed by atoms with E-state index in [9.17, 15) is 0 Å². The number of rotatable bonds is 3. The Labute approximate surface area is 284 Å². The Morgan fingerprint density at radius 2 is 0.918 bits per heavy atom. The van der Waals surface area contributed by atoms with E-state index in [0.717, 1.165) is 78.9 Å². The first kappa shape index (κ1) is 26.6. The van der Waals surface area contributed by atoms with Gasteiger partial charge in [0.2, 0.25) is 0 Å². The maximum Gasteiger partial charge on any atom is 0.135 e. The summed E-state index contributed by atoms with van der Waals surface area (Å²) < 4.78 is 12.5. The standard InChI is InChI=1S/C46H35NO2/c1-4-10-40-34(7-1)37-24-31(13-16-41(37)46(40)29-20-27-19-28(22-29)23-30(46)21-27)47(32-14-17-44-38(25-32)35-8-2-5-11-42(35)48-44)33-15-18-45-39(26-33)36-9-3-6-12-43(36)49-45/h1-18,24-30H,19-23H2. The molecule has 236 valence electrons. The molecule has 5 aliphatic carbocycles. The van der Waals surface area contributed by atoms with Gasteiger partial charge in [-0.05, 0) is 139 Å². The Morgan fingerprint density at radius 1 is 0.429 bits per heavy atom. The molecule has 0 N–H and O–H groups in total. The Morgan fingerprint density at radius 3 is 1.55 bits per heavy atom. The average Bonchev–Trinajstić information content (AvgIpc) is 3.79. The van der Waals surface area contributed by atoms with Crippen LogP contribution in [0.3, 0.4) is 0 Å². The molecule has 13 rings (SSSR count). The first-order chi connectivity index (χ1) is 24.2. The molecule has 0 aliphatic heterocycles. The molecular formula is C46H35NO2. The Bertz CT molecular complexity index is 2510. The largest absolute Gasteiger partial charge is 0.456 e. The predicted molar refractivity (Wildman–Crippen MR) is 199 cm³/mol. The highest BCUT2D eigenvalue weighted by molar-refractivity contribution is 6.08. The number of hydrogen-bond acceptors (Lipinski definition) is 3. The highest BCUT2D eigenvalue weighted by Gasteiger charge is 2.61. The summed E-state index contributed by atoms with van der Waals surface area (Å²) in [6, 6.07) is 46.9. The lowest BCUT2D eigenvalue weighted by Crippen LogP contribution is -2.55. The van der Waals surface area contributed by atoms with E-state index in [-0.39, 0.29) is 5.41 Å². The minimum Gasteiger partial charge on any atom is -0.456 e. The van der Waals surface area contributed by atoms with Gasteiger partial charge in [0.25, 0.3) is 0 Å². The highest BCUT2D eigenvalue weighted by atomic mass is 16.3. The van der Waals surface area contributed by atoms with Gasteiger partial charge in [-0.3, -0.25) is 0 Å². The third-order valence-electron chi connectivity index (χ3n) is 13.0. The monoisotopic (exact) mass is 633 g/mol. The van der Waals surface area contributed by atoms with Gasteiger partial charge in [-0.2, -0.15) is 0 Å². The Balaban J connectivity index is 1.09. The van der Waals surface area contributed by atoms with Crippen LogP contribution in [-0.4, -0.2) is 0 Å². The number of nitrogens with zero attached hydrogens (tertiary/aromatic N) is 1. The summed E-state index contributed by atoms with van der Waals surface area (Å²) in [6.45, 7) is 0. The number of para-hydroxylation sites is 2. The summed E-state index contributed by atoms with van der Waals surface area (Å²) in [5.41, 5.74) is 13.3. The second-order valence-corrected chi connectivity index (χ2v) is 15.3. The fourth-order valence-electron chi connectivity index (χ4n) is 11.4. The van der Waals surface area contributed by atoms with Gasteiger partial charge in [-0.1, -0.05) is 66.7 Å². The third-order valence-corrected chi connectivity index (χ3v) is 13.0. The van der Waals surface area contributed by atoms with Crippen molar-refractivity contribution in [2.24, 2.45) is 23.7 Å². The van der Waals surface area contributed by atoms with Crippen LogP contribution in [0.2, 0.25) is 0 Å². The first-order valence-electron chi connectivity index (χ1n) is 18.1. The van der Waals surface area contributed by atoms with E-state index in [4.69, 9.17) is 8.83 Å². The summed E-state index contributed by atoms with van der Waals surface area (Å²) in [6.07, 6.45) is 7.05. The molecule has 0 saturated heterocycles. The van der Waals surface area contributed by atoms with Gasteiger partial charge in [0.05, 0.1) is 0 Å². The summed E-state index contributed by atoms with van der Waals surface area (Å²) in [5, 5.41) is 4.54. The van der Waals surface area contributed by atoms with E-state index in [1.165, 1.54) is 48.9 Å². The van der Waals surface area contributed by atoms with Crippen molar-refractivity contribution in [1.29, 1.82) is 0 Å². The van der Waals surface area contributed by atoms with Gasteiger partial charge in [-0.25, -0.2) is 0 Å². The van der Waals surface area contributed by atoms with E-state index >= 15 is 0 Å². The van der Waals surface area contributed by atoms with Crippen molar-refractivity contribution in [2.75, 3.05) is 4.90 Å². The summed E-state index contributed by atoms with van der Waals surface area (Å²) in [5.74, 6) is 3.37. The lowest BCUT2D eigenvalue weighted by Gasteiger charge is -2.61. The van der Waals surface area contributed by atoms with Crippen molar-refractivity contribution < 1.29 is 8.83 Å². The fourth-order valence-corrected chi connectivity index (χ4v) is 11.4. The lowest BCUT2D eigenvalue weighted by atomic mass is 9.43. The molecule has 0 unspecified atom stereocenters. The van der Waals surface area contributed by atoms with Crippen LogP contribution in [0.15, 0.2) is 136 Å². The molecule has 3 heteroatoms. The maximum absolute atomic E-state index is 6.27. The molecule has 4 fully saturated rings. The molecule has 0 radical (unpaired) electrons. The molecule has 2 heterocycles. The SMILES string of the molecule is c1ccc2c(c1)-c1cc(N(c3ccc4oc5ccccc5c4c3)c3ccc4oc5ccccc5c4c3)ccc1C21C2CC3CC(C2)CC1C3. The molecule has 8 aromatic rings. The van der Waals surface area contributed by atoms with E-state index < -0.39 is 0 Å². The minimum atomic E-state index is 0.159. The summed E-state index contributed by atoms with van der Waals surface area (Å²) in [7, 11) is 0. The van der Waals surface area contributed by atoms with Gasteiger partial charge >= 0.3 is 0 Å². The van der Waals surface area contributed by atoms with E-state index in [1.807, 2.05) is 12.1 Å². The molecule has 3 nitrogen and oxygen atoms in total. The normalized spacial score (nSPS) is 24.8. The summed E-state index contributed by atoms with van der Waals surface area (Å²) >= 11 is 0. The van der Waals surface area contributed by atoms with Gasteiger partial charge in [0, 0.05) is 44.0 Å². The molecule has 6 aromatic carbocycles. The van der Waals surface area contributed by atoms with E-state index in [0.29, 0.717) is 0 Å². The zero-order chi connectivity index (χ0) is 31.8. The number of fused-ring (bicyclic) bond motifs is 9. The van der Waals surface area contributed by atoms with Crippen molar-refractivity contribution in [3.63, 3.8) is 0 Å². The minimum absolute atomic E-state index is 0.159. The zero-order valence-corrected chi connectivity index (χ0v) is 27.2. The van der Waals surface area contributed by atoms with E-state index in [2.05, 4.69) is 120 Å². The van der Waals surface area contributed by atoms with Crippen molar-refractivity contribution in [3.8, 4) is 11.1 Å². The van der Waals surface area contributed by atoms with Crippen LogP contribution in [0.25, 0.3) is 55.0 Å². The van der Waals surface area contributed by atoms with Crippen molar-refractivity contribution in [1.82, 2.24) is 0 Å². The van der Waals surface area contributed by atoms with Crippen LogP contribution in [0.5, 0.6) is 0 Å². The van der Waals surface area contributed by atoms with Gasteiger partial charge < -0.3 is 13.7 Å². The van der Waals surface area contributed by atoms with Gasteiger partial charge in [0.15, 0.2) is 0 Å². The number of benzene rings is 6. The Hall–Kier alpha value is -5.28. The second kappa shape index (κ2) is 9.45. The predicted octanol–water partition coefficient (Wildman–Crippen LogP) is 12.7. The van der Waals surface area contributed by atoms with Crippen LogP contribution < -0.4 is 4.90 Å². The number of hydrogen-bond donors (Lipinski definition) is 0. The smallest absolute Gasteiger partial charge is 0.135 e. The van der Waals surface area contributed by atoms with Crippen LogP contribution in [-0.2, 0) is 5.41 Å². The van der Waals surface area contributed by atoms with Crippen molar-refractivity contribution >= 4 is 60.9 Å². The topological polar surface area (TPSA) is 29.5 Å². The molecule has 0 atom stereocenters. The second-order valence-electron chi connectivity index (χ2n) is 15.3. The van der Waals surface area contributed by atoms with Crippen LogP contribution >= 0.6 is 0 Å². The highest BCUT2D eigenvalue weighted by Crippen LogP contribution is 2.69. The maximum atomic E-state index is 6.27. The molecule has 49 heavy (non-hydrogen) atoms. The molecular weight excluding hydrogens is 599 g/mol. The molecule has 4 bridgehead atoms. The molecule has 0 amide bonds. The quantitative estimate of drug-likeness (QED) is 0.194. The van der Waals surface area contributed by atoms with Crippen molar-refractivity contribution in [3.05, 3.63) is 139 Å². The first-order valence-corrected chi connectivity index (χ1v) is 18.1. The molecule has 2 aromatic heterocycles. The lowest BCUT2D eigenvalue weighted by molar-refractivity contribution is -0.0399. The van der Waals surface area contributed by atoms with Crippen LogP contribution in [0.1, 0.15) is 43.2 Å². The van der Waals surface area contributed by atoms with Crippen LogP contribution in [0.4, 0.5) is 17.1 Å². The summed E-state index contributed by atoms with van der Waals surface area (Å²) in [4.78, 5) is 2.44. The molecule has 4 saturated carbocycles. The zero-order valence-electron chi connectivity index (χ0n) is 27.2. The van der Waals surface area contributed by atoms with Gasteiger partial charge in [-0.15, -0.1) is 0 Å². The number of furan rings is 2. The molecule has 5 aliphatic rings. The Kier molecular flexibility index (Phi) is 5.14. The fraction of sp³-hybridized carbons (Fsp3) is 0.217. The number of anilines is 3. The van der Waals surface area contributed by atoms with Crippen molar-refractivity contribution in [2.45, 2.75) is 37.5 Å². The van der Waals surface area contributed by atoms with Gasteiger partial charge in [0.1, 0.15) is 22.3 Å².